The van der Waals surface area contributed by atoms with Gasteiger partial charge in [0.05, 0.1) is 11.0 Å². The molecule has 6 nitrogen and oxygen atoms in total. The van der Waals surface area contributed by atoms with Gasteiger partial charge < -0.3 is 10.6 Å². The van der Waals surface area contributed by atoms with Crippen molar-refractivity contribution in [1.82, 2.24) is 4.90 Å². The lowest BCUT2D eigenvalue weighted by Crippen LogP contribution is -2.57. The zero-order valence-corrected chi connectivity index (χ0v) is 9.10. The SMILES string of the molecule is NC1CN(C(=O)c2cc(F)c(F)cc2[N+](=O)[O-])C1. The van der Waals surface area contributed by atoms with E-state index >= 15 is 0 Å². The van der Waals surface area contributed by atoms with Gasteiger partial charge in [-0.3, -0.25) is 14.9 Å². The van der Waals surface area contributed by atoms with Crippen LogP contribution in [0, 0.1) is 21.7 Å². The van der Waals surface area contributed by atoms with E-state index in [0.717, 1.165) is 0 Å². The third kappa shape index (κ3) is 2.02. The Labute approximate surface area is 100 Å². The first-order valence-corrected chi connectivity index (χ1v) is 5.08. The summed E-state index contributed by atoms with van der Waals surface area (Å²) in [5, 5.41) is 10.7. The summed E-state index contributed by atoms with van der Waals surface area (Å²) in [6.45, 7) is 0.490. The van der Waals surface area contributed by atoms with Crippen LogP contribution in [-0.4, -0.2) is 34.9 Å². The fraction of sp³-hybridized carbons (Fsp3) is 0.300. The molecule has 1 heterocycles. The van der Waals surface area contributed by atoms with Gasteiger partial charge >= 0.3 is 0 Å². The molecule has 1 saturated heterocycles. The minimum absolute atomic E-state index is 0.182. The number of hydrogen-bond acceptors (Lipinski definition) is 4. The first kappa shape index (κ1) is 12.4. The van der Waals surface area contributed by atoms with Crippen LogP contribution in [0.25, 0.3) is 0 Å². The highest BCUT2D eigenvalue weighted by Gasteiger charge is 2.33. The predicted molar refractivity (Wildman–Crippen MR) is 56.9 cm³/mol. The highest BCUT2D eigenvalue weighted by Crippen LogP contribution is 2.25. The lowest BCUT2D eigenvalue weighted by Gasteiger charge is -2.36. The molecule has 1 aromatic carbocycles. The molecule has 1 aliphatic heterocycles. The van der Waals surface area contributed by atoms with E-state index in [9.17, 15) is 23.7 Å². The van der Waals surface area contributed by atoms with Crippen molar-refractivity contribution in [1.29, 1.82) is 0 Å². The van der Waals surface area contributed by atoms with E-state index in [2.05, 4.69) is 0 Å². The Hall–Kier alpha value is -2.09. The molecular weight excluding hydrogens is 248 g/mol. The van der Waals surface area contributed by atoms with Gasteiger partial charge in [0.2, 0.25) is 0 Å². The molecule has 0 aliphatic carbocycles. The average Bonchev–Trinajstić information content (AvgIpc) is 2.27. The summed E-state index contributed by atoms with van der Waals surface area (Å²) in [6, 6.07) is 0.764. The number of amides is 1. The molecule has 1 aromatic rings. The maximum atomic E-state index is 13.1. The highest BCUT2D eigenvalue weighted by atomic mass is 19.2. The Morgan fingerprint density at radius 1 is 1.39 bits per heavy atom. The van der Waals surface area contributed by atoms with Crippen molar-refractivity contribution >= 4 is 11.6 Å². The van der Waals surface area contributed by atoms with E-state index in [0.29, 0.717) is 12.1 Å². The molecule has 1 fully saturated rings. The Kier molecular flexibility index (Phi) is 2.95. The van der Waals surface area contributed by atoms with Gasteiger partial charge in [-0.25, -0.2) is 8.78 Å². The van der Waals surface area contributed by atoms with Crippen LogP contribution in [0.2, 0.25) is 0 Å². The Morgan fingerprint density at radius 3 is 2.44 bits per heavy atom. The van der Waals surface area contributed by atoms with E-state index in [-0.39, 0.29) is 19.1 Å². The van der Waals surface area contributed by atoms with E-state index in [1.165, 1.54) is 4.90 Å². The minimum Gasteiger partial charge on any atom is -0.335 e. The molecule has 96 valence electrons. The Bertz CT molecular complexity index is 529. The second-order valence-electron chi connectivity index (χ2n) is 4.01. The highest BCUT2D eigenvalue weighted by molar-refractivity contribution is 5.98. The second-order valence-corrected chi connectivity index (χ2v) is 4.01. The molecule has 8 heteroatoms. The van der Waals surface area contributed by atoms with Crippen LogP contribution in [0.5, 0.6) is 0 Å². The number of nitro groups is 1. The van der Waals surface area contributed by atoms with Gasteiger partial charge in [-0.15, -0.1) is 0 Å². The largest absolute Gasteiger partial charge is 0.335 e. The van der Waals surface area contributed by atoms with Gasteiger partial charge in [0, 0.05) is 19.1 Å². The number of nitro benzene ring substituents is 1. The van der Waals surface area contributed by atoms with Gasteiger partial charge in [0.1, 0.15) is 5.56 Å². The zero-order chi connectivity index (χ0) is 13.4. The molecule has 0 aromatic heterocycles. The van der Waals surface area contributed by atoms with Crippen molar-refractivity contribution in [2.24, 2.45) is 5.73 Å². The molecule has 2 N–H and O–H groups in total. The van der Waals surface area contributed by atoms with Gasteiger partial charge in [0.25, 0.3) is 11.6 Å². The molecule has 0 spiro atoms. The number of nitrogens with zero attached hydrogens (tertiary/aromatic N) is 2. The first-order valence-electron chi connectivity index (χ1n) is 5.08. The van der Waals surface area contributed by atoms with Crippen LogP contribution in [0.3, 0.4) is 0 Å². The number of nitrogens with two attached hydrogens (primary N) is 1. The number of likely N-dealkylation sites (tertiary alicyclic amines) is 1. The summed E-state index contributed by atoms with van der Waals surface area (Å²) in [5.41, 5.74) is 4.26. The fourth-order valence-corrected chi connectivity index (χ4v) is 1.71. The van der Waals surface area contributed by atoms with Crippen LogP contribution >= 0.6 is 0 Å². The van der Waals surface area contributed by atoms with Crippen LogP contribution in [0.15, 0.2) is 12.1 Å². The molecule has 18 heavy (non-hydrogen) atoms. The van der Waals surface area contributed by atoms with Crippen LogP contribution in [0.4, 0.5) is 14.5 Å². The maximum Gasteiger partial charge on any atom is 0.285 e. The molecule has 0 unspecified atom stereocenters. The maximum absolute atomic E-state index is 13.1. The zero-order valence-electron chi connectivity index (χ0n) is 9.10. The van der Waals surface area contributed by atoms with Crippen molar-refractivity contribution in [2.75, 3.05) is 13.1 Å². The topological polar surface area (TPSA) is 89.5 Å². The molecule has 1 aliphatic rings. The van der Waals surface area contributed by atoms with E-state index in [4.69, 9.17) is 5.73 Å². The minimum atomic E-state index is -1.36. The molecule has 0 saturated carbocycles. The van der Waals surface area contributed by atoms with Crippen molar-refractivity contribution in [2.45, 2.75) is 6.04 Å². The third-order valence-corrected chi connectivity index (χ3v) is 2.66. The van der Waals surface area contributed by atoms with Gasteiger partial charge in [-0.05, 0) is 6.07 Å². The van der Waals surface area contributed by atoms with Gasteiger partial charge in [-0.2, -0.15) is 0 Å². The molecule has 2 rings (SSSR count). The summed E-state index contributed by atoms with van der Waals surface area (Å²) < 4.78 is 26.0. The van der Waals surface area contributed by atoms with Crippen LogP contribution in [-0.2, 0) is 0 Å². The molecular formula is C10H9F2N3O3. The van der Waals surface area contributed by atoms with Crippen molar-refractivity contribution in [3.8, 4) is 0 Å². The summed E-state index contributed by atoms with van der Waals surface area (Å²) in [6.07, 6.45) is 0. The van der Waals surface area contributed by atoms with Crippen LogP contribution in [0.1, 0.15) is 10.4 Å². The first-order chi connectivity index (χ1) is 8.40. The standard InChI is InChI=1S/C10H9F2N3O3/c11-7-1-6(9(15(17)18)2-8(7)12)10(16)14-3-5(13)4-14/h1-2,5H,3-4,13H2. The molecule has 0 atom stereocenters. The number of rotatable bonds is 2. The molecule has 1 amide bonds. The van der Waals surface area contributed by atoms with Crippen LogP contribution < -0.4 is 5.73 Å². The predicted octanol–water partition coefficient (Wildman–Crippen LogP) is 0.656. The van der Waals surface area contributed by atoms with E-state index in [1.54, 1.807) is 0 Å². The number of carbonyl (C=O) groups is 1. The summed E-state index contributed by atoms with van der Waals surface area (Å²) in [5.74, 6) is -3.38. The summed E-state index contributed by atoms with van der Waals surface area (Å²) in [4.78, 5) is 22.9. The lowest BCUT2D eigenvalue weighted by molar-refractivity contribution is -0.385. The quantitative estimate of drug-likeness (QED) is 0.622. The number of halogens is 2. The number of benzene rings is 1. The Morgan fingerprint density at radius 2 is 1.94 bits per heavy atom. The molecule has 0 bridgehead atoms. The van der Waals surface area contributed by atoms with Gasteiger partial charge in [0.15, 0.2) is 11.6 Å². The lowest BCUT2D eigenvalue weighted by atomic mass is 10.1. The number of hydrogen-bond donors (Lipinski definition) is 1. The average molecular weight is 257 g/mol. The van der Waals surface area contributed by atoms with Gasteiger partial charge in [-0.1, -0.05) is 0 Å². The van der Waals surface area contributed by atoms with Crippen molar-refractivity contribution in [3.63, 3.8) is 0 Å². The smallest absolute Gasteiger partial charge is 0.285 e. The van der Waals surface area contributed by atoms with E-state index < -0.39 is 33.7 Å². The van der Waals surface area contributed by atoms with Crippen molar-refractivity contribution in [3.05, 3.63) is 39.4 Å². The fourth-order valence-electron chi connectivity index (χ4n) is 1.71. The van der Waals surface area contributed by atoms with E-state index in [1.807, 2.05) is 0 Å². The third-order valence-electron chi connectivity index (χ3n) is 2.66. The summed E-state index contributed by atoms with van der Waals surface area (Å²) in [7, 11) is 0. The molecule has 0 radical (unpaired) electrons. The summed E-state index contributed by atoms with van der Waals surface area (Å²) >= 11 is 0. The normalized spacial score (nSPS) is 15.4. The van der Waals surface area contributed by atoms with Crippen molar-refractivity contribution < 1.29 is 18.5 Å². The second kappa shape index (κ2) is 4.30. The monoisotopic (exact) mass is 257 g/mol. The Balaban J connectivity index is 2.39. The number of carbonyl (C=O) groups excluding carboxylic acids is 1.